The van der Waals surface area contributed by atoms with Gasteiger partial charge in [0.15, 0.2) is 0 Å². The first-order chi connectivity index (χ1) is 7.80. The molecule has 0 spiro atoms. The number of rotatable bonds is 4. The second-order valence-corrected chi connectivity index (χ2v) is 5.47. The van der Waals surface area contributed by atoms with Crippen molar-refractivity contribution < 1.29 is 5.11 Å². The average molecular weight is 323 g/mol. The molecule has 2 atom stereocenters. The van der Waals surface area contributed by atoms with Crippen molar-refractivity contribution >= 4 is 27.5 Å². The van der Waals surface area contributed by atoms with Crippen molar-refractivity contribution in [1.82, 2.24) is 0 Å². The number of benzene rings is 1. The fourth-order valence-electron chi connectivity index (χ4n) is 1.73. The first-order valence-electron chi connectivity index (χ1n) is 5.20. The number of aliphatic hydroxyl groups is 1. The van der Waals surface area contributed by atoms with Gasteiger partial charge in [-0.3, -0.25) is 0 Å². The van der Waals surface area contributed by atoms with E-state index < -0.39 is 11.6 Å². The van der Waals surface area contributed by atoms with Crippen molar-refractivity contribution in [2.75, 3.05) is 6.61 Å². The fourth-order valence-corrected chi connectivity index (χ4v) is 2.16. The Morgan fingerprint density at radius 2 is 2.06 bits per heavy atom. The zero-order chi connectivity index (χ0) is 13.2. The maximum Gasteiger partial charge on any atom is 0.0966 e. The zero-order valence-electron chi connectivity index (χ0n) is 9.53. The van der Waals surface area contributed by atoms with Gasteiger partial charge in [-0.1, -0.05) is 17.7 Å². The van der Waals surface area contributed by atoms with Crippen molar-refractivity contribution in [3.8, 4) is 0 Å². The van der Waals surface area contributed by atoms with Gasteiger partial charge in [0.2, 0.25) is 0 Å². The highest BCUT2D eigenvalue weighted by atomic mass is 79.9. The highest BCUT2D eigenvalue weighted by molar-refractivity contribution is 9.10. The Morgan fingerprint density at radius 3 is 2.47 bits per heavy atom. The Morgan fingerprint density at radius 1 is 1.47 bits per heavy atom. The van der Waals surface area contributed by atoms with Gasteiger partial charge in [-0.05, 0) is 40.5 Å². The Hall–Kier alpha value is -0.170. The van der Waals surface area contributed by atoms with E-state index in [2.05, 4.69) is 15.9 Å². The molecule has 1 rings (SSSR count). The molecule has 0 saturated carbocycles. The van der Waals surface area contributed by atoms with Crippen LogP contribution in [0.3, 0.4) is 0 Å². The molecule has 4 nitrogen and oxygen atoms in total. The molecule has 0 aliphatic heterocycles. The zero-order valence-corrected chi connectivity index (χ0v) is 11.9. The maximum absolute atomic E-state index is 9.34. The topological polar surface area (TPSA) is 98.3 Å². The van der Waals surface area contributed by atoms with E-state index in [1.54, 1.807) is 25.1 Å². The second kappa shape index (κ2) is 5.65. The molecule has 0 fully saturated rings. The van der Waals surface area contributed by atoms with Crippen LogP contribution in [0, 0.1) is 5.92 Å². The van der Waals surface area contributed by atoms with E-state index in [1.165, 1.54) is 0 Å². The molecule has 0 saturated heterocycles. The van der Waals surface area contributed by atoms with Crippen molar-refractivity contribution in [3.63, 3.8) is 0 Å². The van der Waals surface area contributed by atoms with Gasteiger partial charge in [-0.2, -0.15) is 0 Å². The molecule has 0 aromatic heterocycles. The van der Waals surface area contributed by atoms with E-state index in [4.69, 9.17) is 28.8 Å². The van der Waals surface area contributed by atoms with E-state index in [1.807, 2.05) is 0 Å². The highest BCUT2D eigenvalue weighted by Crippen LogP contribution is 2.29. The number of hydrogen-bond acceptors (Lipinski definition) is 4. The summed E-state index contributed by atoms with van der Waals surface area (Å²) in [6, 6.07) is 4.89. The summed E-state index contributed by atoms with van der Waals surface area (Å²) in [5, 5.41) is 9.85. The number of hydrogen-bond donors (Lipinski definition) is 4. The second-order valence-electron chi connectivity index (χ2n) is 4.21. The molecule has 0 aliphatic rings. The summed E-state index contributed by atoms with van der Waals surface area (Å²) in [6.45, 7) is 1.58. The Kier molecular flexibility index (Phi) is 4.95. The predicted octanol–water partition coefficient (Wildman–Crippen LogP) is 1.13. The Bertz CT molecular complexity index is 398. The van der Waals surface area contributed by atoms with Gasteiger partial charge in [0.25, 0.3) is 0 Å². The summed E-state index contributed by atoms with van der Waals surface area (Å²) < 4.78 is 0.764. The van der Waals surface area contributed by atoms with E-state index in [-0.39, 0.29) is 12.6 Å². The third kappa shape index (κ3) is 3.19. The monoisotopic (exact) mass is 321 g/mol. The third-order valence-electron chi connectivity index (χ3n) is 2.86. The SMILES string of the molecule is CC(N)C(CO)C(N)(N)c1ccc(Br)c(Cl)c1. The van der Waals surface area contributed by atoms with Crippen LogP contribution >= 0.6 is 27.5 Å². The van der Waals surface area contributed by atoms with E-state index in [0.717, 1.165) is 4.47 Å². The quantitative estimate of drug-likeness (QED) is 0.625. The van der Waals surface area contributed by atoms with Gasteiger partial charge in [0, 0.05) is 16.4 Å². The van der Waals surface area contributed by atoms with Crippen LogP contribution in [-0.2, 0) is 5.66 Å². The lowest BCUT2D eigenvalue weighted by molar-refractivity contribution is 0.134. The van der Waals surface area contributed by atoms with Crippen LogP contribution in [0.2, 0.25) is 5.02 Å². The van der Waals surface area contributed by atoms with Gasteiger partial charge >= 0.3 is 0 Å². The molecule has 6 heteroatoms. The normalized spacial score (nSPS) is 15.7. The number of aliphatic hydroxyl groups excluding tert-OH is 1. The van der Waals surface area contributed by atoms with Crippen LogP contribution in [0.1, 0.15) is 12.5 Å². The fraction of sp³-hybridized carbons (Fsp3) is 0.455. The first-order valence-corrected chi connectivity index (χ1v) is 6.37. The highest BCUT2D eigenvalue weighted by Gasteiger charge is 2.35. The Balaban J connectivity index is 3.15. The minimum Gasteiger partial charge on any atom is -0.396 e. The van der Waals surface area contributed by atoms with Gasteiger partial charge in [-0.25, -0.2) is 0 Å². The number of halogens is 2. The standard InChI is InChI=1S/C11H17BrClN3O/c1-6(14)8(5-17)11(15,16)7-2-3-9(12)10(13)4-7/h2-4,6,8,17H,5,14-16H2,1H3. The van der Waals surface area contributed by atoms with Crippen molar-refractivity contribution in [3.05, 3.63) is 33.3 Å². The van der Waals surface area contributed by atoms with E-state index in [9.17, 15) is 5.11 Å². The van der Waals surface area contributed by atoms with Crippen LogP contribution in [-0.4, -0.2) is 17.8 Å². The molecular formula is C11H17BrClN3O. The van der Waals surface area contributed by atoms with Gasteiger partial charge < -0.3 is 22.3 Å². The van der Waals surface area contributed by atoms with Crippen molar-refractivity contribution in [2.24, 2.45) is 23.1 Å². The third-order valence-corrected chi connectivity index (χ3v) is 4.10. The predicted molar refractivity (Wildman–Crippen MR) is 73.4 cm³/mol. The molecule has 0 heterocycles. The summed E-state index contributed by atoms with van der Waals surface area (Å²) in [5.41, 5.74) is 17.4. The molecule has 1 aromatic carbocycles. The molecular weight excluding hydrogens is 305 g/mol. The molecule has 0 bridgehead atoms. The summed E-state index contributed by atoms with van der Waals surface area (Å²) in [6.07, 6.45) is 0. The van der Waals surface area contributed by atoms with Crippen molar-refractivity contribution in [1.29, 1.82) is 0 Å². The smallest absolute Gasteiger partial charge is 0.0966 e. The minimum atomic E-state index is -1.22. The van der Waals surface area contributed by atoms with E-state index >= 15 is 0 Å². The van der Waals surface area contributed by atoms with Gasteiger partial charge in [0.1, 0.15) is 0 Å². The molecule has 1 aromatic rings. The van der Waals surface area contributed by atoms with Crippen LogP contribution in [0.25, 0.3) is 0 Å². The molecule has 96 valence electrons. The maximum atomic E-state index is 9.34. The van der Waals surface area contributed by atoms with Gasteiger partial charge in [-0.15, -0.1) is 0 Å². The number of nitrogens with two attached hydrogens (primary N) is 3. The summed E-state index contributed by atoms with van der Waals surface area (Å²) in [5.74, 6) is -0.445. The van der Waals surface area contributed by atoms with Crippen molar-refractivity contribution in [2.45, 2.75) is 18.6 Å². The van der Waals surface area contributed by atoms with Crippen LogP contribution in [0.4, 0.5) is 0 Å². The largest absolute Gasteiger partial charge is 0.396 e. The summed E-state index contributed by atoms with van der Waals surface area (Å²) >= 11 is 9.29. The molecule has 17 heavy (non-hydrogen) atoms. The average Bonchev–Trinajstić information content (AvgIpc) is 2.21. The minimum absolute atomic E-state index is 0.182. The lowest BCUT2D eigenvalue weighted by Crippen LogP contribution is -2.58. The molecule has 0 radical (unpaired) electrons. The molecule has 0 aliphatic carbocycles. The van der Waals surface area contributed by atoms with Crippen LogP contribution < -0.4 is 17.2 Å². The van der Waals surface area contributed by atoms with E-state index in [0.29, 0.717) is 10.6 Å². The first kappa shape index (κ1) is 14.9. The van der Waals surface area contributed by atoms with Crippen LogP contribution in [0.5, 0.6) is 0 Å². The lowest BCUT2D eigenvalue weighted by atomic mass is 9.83. The summed E-state index contributed by atoms with van der Waals surface area (Å²) in [7, 11) is 0. The molecule has 7 N–H and O–H groups in total. The summed E-state index contributed by atoms with van der Waals surface area (Å²) in [4.78, 5) is 0. The van der Waals surface area contributed by atoms with Crippen LogP contribution in [0.15, 0.2) is 22.7 Å². The molecule has 2 unspecified atom stereocenters. The van der Waals surface area contributed by atoms with Gasteiger partial charge in [0.05, 0.1) is 17.3 Å². The Labute approximate surface area is 114 Å². The lowest BCUT2D eigenvalue weighted by Gasteiger charge is -2.35. The molecule has 0 amide bonds.